The summed E-state index contributed by atoms with van der Waals surface area (Å²) >= 11 is 0. The summed E-state index contributed by atoms with van der Waals surface area (Å²) < 4.78 is 10.8. The maximum absolute atomic E-state index is 12.4. The van der Waals surface area contributed by atoms with Gasteiger partial charge in [0, 0.05) is 43.7 Å². The number of benzene rings is 1. The van der Waals surface area contributed by atoms with Gasteiger partial charge in [0.05, 0.1) is 26.0 Å². The van der Waals surface area contributed by atoms with Crippen LogP contribution in [0.15, 0.2) is 35.6 Å². The van der Waals surface area contributed by atoms with Crippen LogP contribution in [0.5, 0.6) is 11.5 Å². The Morgan fingerprint density at radius 1 is 1.31 bits per heavy atom. The molecule has 3 heterocycles. The van der Waals surface area contributed by atoms with Crippen molar-refractivity contribution in [3.63, 3.8) is 0 Å². The van der Waals surface area contributed by atoms with Crippen molar-refractivity contribution in [2.45, 2.75) is 31.7 Å². The number of rotatable bonds is 7. The van der Waals surface area contributed by atoms with Crippen molar-refractivity contribution in [2.24, 2.45) is 0 Å². The van der Waals surface area contributed by atoms with Crippen LogP contribution in [0.2, 0.25) is 0 Å². The second kappa shape index (κ2) is 10.2. The number of likely N-dealkylation sites (tertiary alicyclic amines) is 1. The van der Waals surface area contributed by atoms with E-state index in [0.717, 1.165) is 62.4 Å². The number of anilines is 1. The monoisotopic (exact) mass is 440 g/mol. The molecule has 0 amide bonds. The molecule has 4 rings (SSSR count). The number of ether oxygens (including phenoxy) is 2. The van der Waals surface area contributed by atoms with E-state index in [1.54, 1.807) is 19.3 Å². The highest BCUT2D eigenvalue weighted by atomic mass is 16.5. The van der Waals surface area contributed by atoms with Crippen molar-refractivity contribution in [2.75, 3.05) is 51.4 Å². The number of allylic oxidation sites excluding steroid dienone is 1. The van der Waals surface area contributed by atoms with Gasteiger partial charge in [-0.3, -0.25) is 14.7 Å². The van der Waals surface area contributed by atoms with Crippen LogP contribution < -0.4 is 15.2 Å². The Balaban J connectivity index is 1.51. The molecule has 8 nitrogen and oxygen atoms in total. The number of hydrogen-bond acceptors (Lipinski definition) is 7. The average molecular weight is 441 g/mol. The highest BCUT2D eigenvalue weighted by molar-refractivity contribution is 5.49. The molecular formula is C24H32N4O4. The molecule has 2 aliphatic rings. The first-order chi connectivity index (χ1) is 15.6. The summed E-state index contributed by atoms with van der Waals surface area (Å²) in [6.45, 7) is 9.11. The summed E-state index contributed by atoms with van der Waals surface area (Å²) in [5.74, 6) is 1.51. The van der Waals surface area contributed by atoms with Crippen LogP contribution in [0.25, 0.3) is 0 Å². The predicted octanol–water partition coefficient (Wildman–Crippen LogP) is 2.43. The van der Waals surface area contributed by atoms with Crippen LogP contribution in [0.4, 0.5) is 5.95 Å². The van der Waals surface area contributed by atoms with E-state index in [-0.39, 0.29) is 17.2 Å². The number of morpholine rings is 1. The van der Waals surface area contributed by atoms with Gasteiger partial charge in [-0.15, -0.1) is 6.58 Å². The number of aromatic hydroxyl groups is 1. The Bertz CT molecular complexity index is 1000. The standard InChI is InChI=1S/C24H32N4O4/c1-3-5-18-12-17(13-21(31-2)23(18)30)15-27-7-4-6-19(16-27)20-14-22(29)26-24(25-20)28-8-10-32-11-9-28/h3,12-14,19,30H,1,4-11,15-16H2,2H3,(H,25,26,29)/t19-/m1/s1. The van der Waals surface area contributed by atoms with Crippen molar-refractivity contribution in [1.82, 2.24) is 14.9 Å². The van der Waals surface area contributed by atoms with Gasteiger partial charge in [-0.05, 0) is 37.4 Å². The lowest BCUT2D eigenvalue weighted by atomic mass is 9.94. The summed E-state index contributed by atoms with van der Waals surface area (Å²) in [5.41, 5.74) is 2.65. The minimum Gasteiger partial charge on any atom is -0.504 e. The van der Waals surface area contributed by atoms with Crippen molar-refractivity contribution in [3.8, 4) is 11.5 Å². The molecule has 8 heteroatoms. The Morgan fingerprint density at radius 3 is 2.88 bits per heavy atom. The van der Waals surface area contributed by atoms with Crippen LogP contribution in [-0.4, -0.2) is 66.5 Å². The summed E-state index contributed by atoms with van der Waals surface area (Å²) in [4.78, 5) is 24.5. The molecule has 2 aliphatic heterocycles. The number of methoxy groups -OCH3 is 1. The molecule has 0 aliphatic carbocycles. The van der Waals surface area contributed by atoms with Crippen LogP contribution in [0, 0.1) is 0 Å². The van der Waals surface area contributed by atoms with Crippen molar-refractivity contribution in [3.05, 3.63) is 58.0 Å². The van der Waals surface area contributed by atoms with Crippen LogP contribution in [0.3, 0.4) is 0 Å². The zero-order chi connectivity index (χ0) is 22.5. The number of nitrogens with one attached hydrogen (secondary N) is 1. The summed E-state index contributed by atoms with van der Waals surface area (Å²) in [7, 11) is 1.57. The fourth-order valence-corrected chi connectivity index (χ4v) is 4.58. The SMILES string of the molecule is C=CCc1cc(CN2CCC[C@@H](c3cc(=O)[nH]c(N4CCOCC4)n3)C2)cc(OC)c1O. The molecule has 0 radical (unpaired) electrons. The molecule has 0 spiro atoms. The Labute approximate surface area is 188 Å². The van der Waals surface area contributed by atoms with Crippen LogP contribution in [0.1, 0.15) is 35.6 Å². The van der Waals surface area contributed by atoms with E-state index in [4.69, 9.17) is 14.5 Å². The maximum Gasteiger partial charge on any atom is 0.252 e. The second-order valence-electron chi connectivity index (χ2n) is 8.47. The predicted molar refractivity (Wildman–Crippen MR) is 124 cm³/mol. The fraction of sp³-hybridized carbons (Fsp3) is 0.500. The van der Waals surface area contributed by atoms with Gasteiger partial charge in [0.25, 0.3) is 5.56 Å². The highest BCUT2D eigenvalue weighted by Crippen LogP contribution is 2.33. The van der Waals surface area contributed by atoms with E-state index in [1.807, 2.05) is 12.1 Å². The molecule has 1 aromatic heterocycles. The molecular weight excluding hydrogens is 408 g/mol. The minimum atomic E-state index is -0.106. The van der Waals surface area contributed by atoms with E-state index >= 15 is 0 Å². The molecule has 2 saturated heterocycles. The number of phenolic OH excluding ortho intramolecular Hbond substituents is 1. The first-order valence-electron chi connectivity index (χ1n) is 11.2. The summed E-state index contributed by atoms with van der Waals surface area (Å²) in [5, 5.41) is 10.4. The molecule has 32 heavy (non-hydrogen) atoms. The summed E-state index contributed by atoms with van der Waals surface area (Å²) in [6.07, 6.45) is 4.41. The van der Waals surface area contributed by atoms with Crippen molar-refractivity contribution >= 4 is 5.95 Å². The minimum absolute atomic E-state index is 0.106. The molecule has 0 unspecified atom stereocenters. The molecule has 0 saturated carbocycles. The first kappa shape index (κ1) is 22.4. The van der Waals surface area contributed by atoms with Gasteiger partial charge in [-0.1, -0.05) is 12.1 Å². The van der Waals surface area contributed by atoms with E-state index in [9.17, 15) is 9.90 Å². The third-order valence-corrected chi connectivity index (χ3v) is 6.19. The van der Waals surface area contributed by atoms with Gasteiger partial charge >= 0.3 is 0 Å². The average Bonchev–Trinajstić information content (AvgIpc) is 2.81. The third kappa shape index (κ3) is 5.14. The molecule has 2 fully saturated rings. The number of nitrogens with zero attached hydrogens (tertiary/aromatic N) is 3. The topological polar surface area (TPSA) is 90.9 Å². The lowest BCUT2D eigenvalue weighted by Gasteiger charge is -2.33. The summed E-state index contributed by atoms with van der Waals surface area (Å²) in [6, 6.07) is 5.56. The van der Waals surface area contributed by atoms with Crippen molar-refractivity contribution < 1.29 is 14.6 Å². The maximum atomic E-state index is 12.4. The lowest BCUT2D eigenvalue weighted by molar-refractivity contribution is 0.122. The lowest BCUT2D eigenvalue weighted by Crippen LogP contribution is -2.39. The smallest absolute Gasteiger partial charge is 0.252 e. The second-order valence-corrected chi connectivity index (χ2v) is 8.47. The number of aromatic nitrogens is 2. The number of H-pyrrole nitrogens is 1. The first-order valence-corrected chi connectivity index (χ1v) is 11.2. The van der Waals surface area contributed by atoms with Gasteiger partial charge < -0.3 is 19.5 Å². The van der Waals surface area contributed by atoms with Gasteiger partial charge in [-0.2, -0.15) is 0 Å². The number of piperidine rings is 1. The van der Waals surface area contributed by atoms with Crippen LogP contribution in [-0.2, 0) is 17.7 Å². The van der Waals surface area contributed by atoms with Gasteiger partial charge in [0.2, 0.25) is 5.95 Å². The Hall–Kier alpha value is -2.84. The zero-order valence-corrected chi connectivity index (χ0v) is 18.7. The highest BCUT2D eigenvalue weighted by Gasteiger charge is 2.25. The molecule has 1 atom stereocenters. The van der Waals surface area contributed by atoms with Gasteiger partial charge in [0.1, 0.15) is 0 Å². The number of aromatic amines is 1. The van der Waals surface area contributed by atoms with E-state index < -0.39 is 0 Å². The molecule has 2 N–H and O–H groups in total. The van der Waals surface area contributed by atoms with E-state index in [2.05, 4.69) is 21.4 Å². The van der Waals surface area contributed by atoms with E-state index in [0.29, 0.717) is 31.3 Å². The Morgan fingerprint density at radius 2 is 2.12 bits per heavy atom. The zero-order valence-electron chi connectivity index (χ0n) is 18.7. The Kier molecular flexibility index (Phi) is 7.12. The van der Waals surface area contributed by atoms with Gasteiger partial charge in [-0.25, -0.2) is 4.98 Å². The molecule has 172 valence electrons. The third-order valence-electron chi connectivity index (χ3n) is 6.19. The van der Waals surface area contributed by atoms with Gasteiger partial charge in [0.15, 0.2) is 11.5 Å². The fourth-order valence-electron chi connectivity index (χ4n) is 4.58. The van der Waals surface area contributed by atoms with Crippen LogP contribution >= 0.6 is 0 Å². The largest absolute Gasteiger partial charge is 0.504 e. The molecule has 2 aromatic rings. The number of phenols is 1. The molecule has 0 bridgehead atoms. The quantitative estimate of drug-likeness (QED) is 0.639. The number of hydrogen-bond donors (Lipinski definition) is 2. The normalized spacial score (nSPS) is 19.7. The van der Waals surface area contributed by atoms with Crippen molar-refractivity contribution in [1.29, 1.82) is 0 Å². The van der Waals surface area contributed by atoms with E-state index in [1.165, 1.54) is 0 Å². The molecule has 1 aromatic carbocycles.